The van der Waals surface area contributed by atoms with Crippen molar-refractivity contribution in [2.75, 3.05) is 12.3 Å². The van der Waals surface area contributed by atoms with Gasteiger partial charge in [0.1, 0.15) is 17.3 Å². The third kappa shape index (κ3) is 3.84. The number of amides is 1. The van der Waals surface area contributed by atoms with Gasteiger partial charge in [0.25, 0.3) is 6.43 Å². The lowest BCUT2D eigenvalue weighted by Gasteiger charge is -2.21. The van der Waals surface area contributed by atoms with E-state index in [1.807, 2.05) is 11.5 Å². The van der Waals surface area contributed by atoms with E-state index in [0.29, 0.717) is 28.5 Å². The summed E-state index contributed by atoms with van der Waals surface area (Å²) in [5.41, 5.74) is 8.29. The Balaban J connectivity index is 1.57. The number of likely N-dealkylation sites (tertiary alicyclic amines) is 1. The Labute approximate surface area is 204 Å². The number of nitrogens with two attached hydrogens (primary N) is 1. The summed E-state index contributed by atoms with van der Waals surface area (Å²) >= 11 is 0. The molecule has 0 saturated carbocycles. The predicted octanol–water partition coefficient (Wildman–Crippen LogP) is 3.52. The van der Waals surface area contributed by atoms with Crippen LogP contribution in [-0.2, 0) is 11.3 Å². The number of carbonyl (C=O) groups excluding carboxylic acids is 1. The van der Waals surface area contributed by atoms with Crippen LogP contribution in [0.15, 0.2) is 43.4 Å². The summed E-state index contributed by atoms with van der Waals surface area (Å²) in [6.07, 6.45) is 1.41. The highest BCUT2D eigenvalue weighted by molar-refractivity contribution is 5.93. The third-order valence-electron chi connectivity index (χ3n) is 6.43. The molecule has 3 aromatic heterocycles. The van der Waals surface area contributed by atoms with Crippen molar-refractivity contribution in [2.45, 2.75) is 38.4 Å². The fourth-order valence-electron chi connectivity index (χ4n) is 4.66. The Kier molecular flexibility index (Phi) is 5.88. The van der Waals surface area contributed by atoms with Crippen molar-refractivity contribution in [1.29, 1.82) is 0 Å². The van der Waals surface area contributed by atoms with E-state index in [0.717, 1.165) is 11.0 Å². The molecule has 36 heavy (non-hydrogen) atoms. The number of imidazole rings is 1. The zero-order chi connectivity index (χ0) is 25.6. The minimum Gasteiger partial charge on any atom is -0.383 e. The van der Waals surface area contributed by atoms with Crippen LogP contribution >= 0.6 is 0 Å². The molecule has 4 aromatic rings. The molecule has 1 fully saturated rings. The van der Waals surface area contributed by atoms with Crippen LogP contribution in [0.1, 0.15) is 30.6 Å². The monoisotopic (exact) mass is 493 g/mol. The number of fused-ring (bicyclic) bond motifs is 2. The van der Waals surface area contributed by atoms with Crippen molar-refractivity contribution >= 4 is 33.7 Å². The molecule has 0 bridgehead atoms. The average Bonchev–Trinajstić information content (AvgIpc) is 3.57. The van der Waals surface area contributed by atoms with Crippen LogP contribution in [0.3, 0.4) is 0 Å². The second-order valence-electron chi connectivity index (χ2n) is 8.47. The molecule has 1 saturated heterocycles. The number of carbonyl (C=O) groups is 1. The Morgan fingerprint density at radius 2 is 2.11 bits per heavy atom. The minimum atomic E-state index is -2.72. The average molecular weight is 493 g/mol. The summed E-state index contributed by atoms with van der Waals surface area (Å²) in [6.45, 7) is 6.02. The van der Waals surface area contributed by atoms with Gasteiger partial charge in [-0.25, -0.2) is 23.1 Å². The first-order chi connectivity index (χ1) is 17.3. The fraction of sp³-hybridized carbons (Fsp3) is 0.280. The maximum Gasteiger partial charge on any atom is 0.258 e. The number of hydrogen-bond donors (Lipinski definition) is 1. The molecule has 1 aromatic carbocycles. The van der Waals surface area contributed by atoms with Crippen LogP contribution < -0.4 is 5.73 Å². The van der Waals surface area contributed by atoms with Crippen molar-refractivity contribution < 1.29 is 18.0 Å². The Morgan fingerprint density at radius 3 is 2.83 bits per heavy atom. The van der Waals surface area contributed by atoms with Gasteiger partial charge in [0.2, 0.25) is 5.91 Å². The summed E-state index contributed by atoms with van der Waals surface area (Å²) < 4.78 is 45.6. The summed E-state index contributed by atoms with van der Waals surface area (Å²) in [7, 11) is 0. The highest BCUT2D eigenvalue weighted by Gasteiger charge is 2.41. The normalized spacial score (nSPS) is 17.6. The lowest BCUT2D eigenvalue weighted by molar-refractivity contribution is -0.129. The lowest BCUT2D eigenvalue weighted by Crippen LogP contribution is -2.38. The highest BCUT2D eigenvalue weighted by Crippen LogP contribution is 2.34. The van der Waals surface area contributed by atoms with E-state index in [2.05, 4.69) is 33.5 Å². The van der Waals surface area contributed by atoms with Crippen LogP contribution in [0, 0.1) is 17.7 Å². The van der Waals surface area contributed by atoms with E-state index in [1.165, 1.54) is 12.3 Å². The van der Waals surface area contributed by atoms with Crippen molar-refractivity contribution in [3.05, 3.63) is 60.5 Å². The van der Waals surface area contributed by atoms with Crippen molar-refractivity contribution in [1.82, 2.24) is 29.2 Å². The molecule has 11 heteroatoms. The van der Waals surface area contributed by atoms with Gasteiger partial charge in [0.05, 0.1) is 45.9 Å². The lowest BCUT2D eigenvalue weighted by atomic mass is 10.1. The number of hydrogen-bond acceptors (Lipinski definition) is 5. The van der Waals surface area contributed by atoms with Crippen LogP contribution in [0.25, 0.3) is 21.9 Å². The number of halogens is 3. The molecule has 0 spiro atoms. The molecule has 8 nitrogen and oxygen atoms in total. The molecule has 184 valence electrons. The van der Waals surface area contributed by atoms with E-state index in [-0.39, 0.29) is 30.0 Å². The zero-order valence-electron chi connectivity index (χ0n) is 19.3. The van der Waals surface area contributed by atoms with Gasteiger partial charge in [-0.05, 0) is 37.5 Å². The van der Waals surface area contributed by atoms with Gasteiger partial charge in [-0.3, -0.25) is 9.48 Å². The Hall–Kier alpha value is -4.33. The molecule has 2 atom stereocenters. The fourth-order valence-corrected chi connectivity index (χ4v) is 4.66. The number of pyridine rings is 1. The number of benzene rings is 1. The van der Waals surface area contributed by atoms with E-state index in [1.54, 1.807) is 23.1 Å². The van der Waals surface area contributed by atoms with Crippen LogP contribution in [-0.4, -0.2) is 54.1 Å². The van der Waals surface area contributed by atoms with Crippen LogP contribution in [0.2, 0.25) is 0 Å². The highest BCUT2D eigenvalue weighted by atomic mass is 19.3. The smallest absolute Gasteiger partial charge is 0.258 e. The van der Waals surface area contributed by atoms with Gasteiger partial charge in [-0.2, -0.15) is 5.10 Å². The molecular weight excluding hydrogens is 471 g/mol. The summed E-state index contributed by atoms with van der Waals surface area (Å²) in [4.78, 5) is 21.7. The zero-order valence-corrected chi connectivity index (χ0v) is 19.3. The Morgan fingerprint density at radius 1 is 1.31 bits per heavy atom. The first-order valence-corrected chi connectivity index (χ1v) is 11.3. The van der Waals surface area contributed by atoms with Gasteiger partial charge in [0.15, 0.2) is 0 Å². The second-order valence-corrected chi connectivity index (χ2v) is 8.47. The van der Waals surface area contributed by atoms with Gasteiger partial charge in [-0.1, -0.05) is 12.5 Å². The molecule has 0 radical (unpaired) electrons. The first-order valence-electron chi connectivity index (χ1n) is 11.3. The number of nitrogen functional groups attached to an aromatic ring is 1. The standard InChI is InChI=1S/C25H22F3N7O/c1-3-22(36)34-12-15(10-21(34)24(27)28)35-19-7-8-30-25(29)23(19)17(32-35)6-5-14-9-18-20(11-16(14)26)33(4-2)13-31-18/h3,7-9,11,13,15,21,24H,1,4,10,12H2,2H3,(H2,29,30)/t15-,21+/m0/s1. The molecule has 2 N–H and O–H groups in total. The number of aromatic nitrogens is 5. The summed E-state index contributed by atoms with van der Waals surface area (Å²) in [5, 5.41) is 4.98. The third-order valence-corrected chi connectivity index (χ3v) is 6.43. The molecular formula is C25H22F3N7O. The molecule has 5 rings (SSSR count). The maximum atomic E-state index is 14.8. The molecule has 1 amide bonds. The summed E-state index contributed by atoms with van der Waals surface area (Å²) in [5.74, 6) is 4.75. The molecule has 0 aliphatic carbocycles. The van der Waals surface area contributed by atoms with E-state index in [9.17, 15) is 18.0 Å². The van der Waals surface area contributed by atoms with Gasteiger partial charge in [-0.15, -0.1) is 0 Å². The summed E-state index contributed by atoms with van der Waals surface area (Å²) in [6, 6.07) is 2.80. The number of alkyl halides is 2. The predicted molar refractivity (Wildman–Crippen MR) is 129 cm³/mol. The molecule has 1 aliphatic heterocycles. The maximum absolute atomic E-state index is 14.8. The SMILES string of the molecule is C=CC(=O)N1C[C@@H](n2nc(C#Cc3cc4ncn(CC)c4cc3F)c3c(N)nccc32)C[C@@H]1C(F)F. The minimum absolute atomic E-state index is 0.00545. The second kappa shape index (κ2) is 9.03. The van der Waals surface area contributed by atoms with Crippen LogP contribution in [0.5, 0.6) is 0 Å². The molecule has 4 heterocycles. The first kappa shape index (κ1) is 23.4. The van der Waals surface area contributed by atoms with Crippen LogP contribution in [0.4, 0.5) is 19.0 Å². The van der Waals surface area contributed by atoms with Crippen molar-refractivity contribution in [2.24, 2.45) is 0 Å². The van der Waals surface area contributed by atoms with E-state index >= 15 is 0 Å². The molecule has 1 aliphatic rings. The quantitative estimate of drug-likeness (QED) is 0.347. The number of nitrogens with zero attached hydrogens (tertiary/aromatic N) is 6. The Bertz CT molecular complexity index is 1560. The largest absolute Gasteiger partial charge is 0.383 e. The van der Waals surface area contributed by atoms with Crippen molar-refractivity contribution in [3.63, 3.8) is 0 Å². The van der Waals surface area contributed by atoms with Gasteiger partial charge < -0.3 is 15.2 Å². The van der Waals surface area contributed by atoms with Gasteiger partial charge >= 0.3 is 0 Å². The number of aryl methyl sites for hydroxylation is 1. The number of rotatable bonds is 4. The van der Waals surface area contributed by atoms with Gasteiger partial charge in [0, 0.05) is 25.4 Å². The topological polar surface area (TPSA) is 94.9 Å². The number of anilines is 1. The van der Waals surface area contributed by atoms with E-state index < -0.39 is 30.2 Å². The van der Waals surface area contributed by atoms with E-state index in [4.69, 9.17) is 5.73 Å². The van der Waals surface area contributed by atoms with Crippen molar-refractivity contribution in [3.8, 4) is 11.8 Å². The molecule has 0 unspecified atom stereocenters.